The topological polar surface area (TPSA) is 20.3 Å². The molecule has 0 unspecified atom stereocenters. The minimum Gasteiger partial charge on any atom is -0.306 e. The molecule has 0 aromatic heterocycles. The average molecular weight is 219 g/mol. The second-order valence-corrected chi connectivity index (χ2v) is 4.29. The molecule has 1 rings (SSSR count). The molecule has 0 spiro atoms. The maximum absolute atomic E-state index is 11.9. The number of aryl methyl sites for hydroxylation is 1. The first kappa shape index (κ1) is 12.9. The summed E-state index contributed by atoms with van der Waals surface area (Å²) in [6, 6.07) is 7.80. The van der Waals surface area contributed by atoms with Crippen LogP contribution in [0.25, 0.3) is 0 Å². The number of benzene rings is 1. The molecule has 0 aliphatic rings. The van der Waals surface area contributed by atoms with Crippen LogP contribution in [0, 0.1) is 6.92 Å². The standard InChI is InChI=1S/C14H21NO/c1-4-10-15(3)11-9-14(16)13-8-6-5-7-12(13)2/h5-8H,4,9-11H2,1-3H3. The highest BCUT2D eigenvalue weighted by Crippen LogP contribution is 2.09. The molecule has 1 aromatic carbocycles. The molecule has 88 valence electrons. The zero-order valence-corrected chi connectivity index (χ0v) is 10.5. The zero-order valence-electron chi connectivity index (χ0n) is 10.5. The molecular formula is C14H21NO. The van der Waals surface area contributed by atoms with Crippen molar-refractivity contribution in [2.45, 2.75) is 26.7 Å². The normalized spacial score (nSPS) is 10.8. The van der Waals surface area contributed by atoms with E-state index < -0.39 is 0 Å². The van der Waals surface area contributed by atoms with E-state index in [2.05, 4.69) is 18.9 Å². The lowest BCUT2D eigenvalue weighted by Gasteiger charge is -2.14. The SMILES string of the molecule is CCCN(C)CCC(=O)c1ccccc1C. The number of carbonyl (C=O) groups is 1. The van der Waals surface area contributed by atoms with E-state index in [0.29, 0.717) is 6.42 Å². The van der Waals surface area contributed by atoms with Gasteiger partial charge in [0, 0.05) is 18.5 Å². The summed E-state index contributed by atoms with van der Waals surface area (Å²) in [5.41, 5.74) is 1.94. The number of ketones is 1. The molecular weight excluding hydrogens is 198 g/mol. The molecule has 0 fully saturated rings. The third-order valence-electron chi connectivity index (χ3n) is 2.77. The minimum atomic E-state index is 0.251. The van der Waals surface area contributed by atoms with Crippen LogP contribution in [0.4, 0.5) is 0 Å². The van der Waals surface area contributed by atoms with Crippen LogP contribution in [-0.2, 0) is 0 Å². The van der Waals surface area contributed by atoms with Crippen molar-refractivity contribution in [3.05, 3.63) is 35.4 Å². The predicted octanol–water partition coefficient (Wildman–Crippen LogP) is 2.91. The lowest BCUT2D eigenvalue weighted by atomic mass is 10.0. The van der Waals surface area contributed by atoms with E-state index in [1.165, 1.54) is 0 Å². The molecule has 0 aliphatic heterocycles. The lowest BCUT2D eigenvalue weighted by molar-refractivity contribution is 0.0968. The predicted molar refractivity (Wildman–Crippen MR) is 67.9 cm³/mol. The van der Waals surface area contributed by atoms with Crippen LogP contribution >= 0.6 is 0 Å². The summed E-state index contributed by atoms with van der Waals surface area (Å²) < 4.78 is 0. The van der Waals surface area contributed by atoms with E-state index in [-0.39, 0.29) is 5.78 Å². The van der Waals surface area contributed by atoms with Crippen LogP contribution in [-0.4, -0.2) is 30.8 Å². The van der Waals surface area contributed by atoms with Crippen molar-refractivity contribution >= 4 is 5.78 Å². The van der Waals surface area contributed by atoms with E-state index in [4.69, 9.17) is 0 Å². The molecule has 0 saturated carbocycles. The Labute approximate surface area is 98.3 Å². The fourth-order valence-corrected chi connectivity index (χ4v) is 1.81. The maximum atomic E-state index is 11.9. The second-order valence-electron chi connectivity index (χ2n) is 4.29. The molecule has 16 heavy (non-hydrogen) atoms. The van der Waals surface area contributed by atoms with Gasteiger partial charge in [0.2, 0.25) is 0 Å². The Kier molecular flexibility index (Phi) is 5.20. The third-order valence-corrected chi connectivity index (χ3v) is 2.77. The molecule has 0 amide bonds. The fourth-order valence-electron chi connectivity index (χ4n) is 1.81. The monoisotopic (exact) mass is 219 g/mol. The van der Waals surface area contributed by atoms with Crippen molar-refractivity contribution in [3.8, 4) is 0 Å². The van der Waals surface area contributed by atoms with Gasteiger partial charge in [-0.1, -0.05) is 31.2 Å². The van der Waals surface area contributed by atoms with Crippen LogP contribution in [0.5, 0.6) is 0 Å². The molecule has 2 nitrogen and oxygen atoms in total. The van der Waals surface area contributed by atoms with Crippen molar-refractivity contribution < 1.29 is 4.79 Å². The van der Waals surface area contributed by atoms with Crippen molar-refractivity contribution in [2.24, 2.45) is 0 Å². The van der Waals surface area contributed by atoms with Crippen LogP contribution in [0.3, 0.4) is 0 Å². The number of hydrogen-bond donors (Lipinski definition) is 0. The summed E-state index contributed by atoms with van der Waals surface area (Å²) in [5, 5.41) is 0. The first-order valence-corrected chi connectivity index (χ1v) is 5.92. The highest BCUT2D eigenvalue weighted by Gasteiger charge is 2.08. The molecule has 0 saturated heterocycles. The van der Waals surface area contributed by atoms with Crippen LogP contribution in [0.2, 0.25) is 0 Å². The quantitative estimate of drug-likeness (QED) is 0.686. The highest BCUT2D eigenvalue weighted by atomic mass is 16.1. The Morgan fingerprint density at radius 3 is 2.56 bits per heavy atom. The summed E-state index contributed by atoms with van der Waals surface area (Å²) in [6.45, 7) is 6.05. The summed E-state index contributed by atoms with van der Waals surface area (Å²) in [6.07, 6.45) is 1.75. The first-order chi connectivity index (χ1) is 7.65. The first-order valence-electron chi connectivity index (χ1n) is 5.92. The summed E-state index contributed by atoms with van der Waals surface area (Å²) in [7, 11) is 2.06. The molecule has 1 aromatic rings. The van der Waals surface area contributed by atoms with Gasteiger partial charge in [-0.15, -0.1) is 0 Å². The average Bonchev–Trinajstić information content (AvgIpc) is 2.27. The van der Waals surface area contributed by atoms with Gasteiger partial charge in [0.15, 0.2) is 5.78 Å². The van der Waals surface area contributed by atoms with Gasteiger partial charge in [-0.3, -0.25) is 4.79 Å². The molecule has 0 aliphatic carbocycles. The van der Waals surface area contributed by atoms with Gasteiger partial charge in [0.1, 0.15) is 0 Å². The second kappa shape index (κ2) is 6.44. The lowest BCUT2D eigenvalue weighted by Crippen LogP contribution is -2.22. The maximum Gasteiger partial charge on any atom is 0.164 e. The van der Waals surface area contributed by atoms with E-state index in [0.717, 1.165) is 30.6 Å². The van der Waals surface area contributed by atoms with E-state index in [1.54, 1.807) is 0 Å². The van der Waals surface area contributed by atoms with Gasteiger partial charge >= 0.3 is 0 Å². The number of rotatable bonds is 6. The highest BCUT2D eigenvalue weighted by molar-refractivity contribution is 5.97. The smallest absolute Gasteiger partial charge is 0.164 e. The molecule has 0 radical (unpaired) electrons. The van der Waals surface area contributed by atoms with Crippen molar-refractivity contribution in [1.29, 1.82) is 0 Å². The molecule has 0 heterocycles. The largest absolute Gasteiger partial charge is 0.306 e. The number of nitrogens with zero attached hydrogens (tertiary/aromatic N) is 1. The Balaban J connectivity index is 2.50. The Morgan fingerprint density at radius 1 is 1.25 bits per heavy atom. The van der Waals surface area contributed by atoms with Crippen molar-refractivity contribution in [2.75, 3.05) is 20.1 Å². The van der Waals surface area contributed by atoms with Gasteiger partial charge in [-0.05, 0) is 32.5 Å². The van der Waals surface area contributed by atoms with Crippen LogP contribution in [0.15, 0.2) is 24.3 Å². The molecule has 0 N–H and O–H groups in total. The fraction of sp³-hybridized carbons (Fsp3) is 0.500. The van der Waals surface area contributed by atoms with E-state index in [1.807, 2.05) is 31.2 Å². The number of carbonyl (C=O) groups excluding carboxylic acids is 1. The molecule has 0 atom stereocenters. The van der Waals surface area contributed by atoms with Gasteiger partial charge in [0.25, 0.3) is 0 Å². The van der Waals surface area contributed by atoms with Gasteiger partial charge < -0.3 is 4.90 Å². The summed E-state index contributed by atoms with van der Waals surface area (Å²) in [4.78, 5) is 14.2. The Morgan fingerprint density at radius 2 is 1.94 bits per heavy atom. The number of hydrogen-bond acceptors (Lipinski definition) is 2. The summed E-state index contributed by atoms with van der Waals surface area (Å²) in [5.74, 6) is 0.251. The Hall–Kier alpha value is -1.15. The molecule has 2 heteroatoms. The summed E-state index contributed by atoms with van der Waals surface area (Å²) >= 11 is 0. The van der Waals surface area contributed by atoms with Crippen LogP contribution < -0.4 is 0 Å². The Bertz CT molecular complexity index is 346. The van der Waals surface area contributed by atoms with Gasteiger partial charge in [0.05, 0.1) is 0 Å². The van der Waals surface area contributed by atoms with E-state index in [9.17, 15) is 4.79 Å². The van der Waals surface area contributed by atoms with Crippen LogP contribution in [0.1, 0.15) is 35.7 Å². The van der Waals surface area contributed by atoms with E-state index >= 15 is 0 Å². The molecule has 0 bridgehead atoms. The zero-order chi connectivity index (χ0) is 12.0. The minimum absolute atomic E-state index is 0.251. The van der Waals surface area contributed by atoms with Crippen molar-refractivity contribution in [3.63, 3.8) is 0 Å². The van der Waals surface area contributed by atoms with Crippen molar-refractivity contribution in [1.82, 2.24) is 4.90 Å². The third kappa shape index (κ3) is 3.78. The van der Waals surface area contributed by atoms with Gasteiger partial charge in [-0.2, -0.15) is 0 Å². The van der Waals surface area contributed by atoms with Gasteiger partial charge in [-0.25, -0.2) is 0 Å². The number of Topliss-reactive ketones (excluding diaryl/α,β-unsaturated/α-hetero) is 1.